The van der Waals surface area contributed by atoms with Crippen molar-refractivity contribution in [3.63, 3.8) is 0 Å². The Kier molecular flexibility index (Phi) is 6.51. The summed E-state index contributed by atoms with van der Waals surface area (Å²) in [7, 11) is 0. The summed E-state index contributed by atoms with van der Waals surface area (Å²) in [6.45, 7) is 11.2. The van der Waals surface area contributed by atoms with Crippen LogP contribution in [0, 0.1) is 11.3 Å². The number of rotatable bonds is 6. The molecular formula is C28H32N2O4. The van der Waals surface area contributed by atoms with Crippen LogP contribution < -0.4 is 19.7 Å². The molecule has 1 aliphatic rings. The van der Waals surface area contributed by atoms with Gasteiger partial charge < -0.3 is 19.7 Å². The van der Waals surface area contributed by atoms with E-state index in [0.29, 0.717) is 48.2 Å². The number of hydrogen-bond acceptors (Lipinski definition) is 4. The van der Waals surface area contributed by atoms with E-state index >= 15 is 0 Å². The van der Waals surface area contributed by atoms with E-state index in [0.717, 1.165) is 10.8 Å². The van der Waals surface area contributed by atoms with Crippen LogP contribution in [0.1, 0.15) is 45.0 Å². The molecule has 3 aromatic rings. The molecule has 3 aromatic carbocycles. The quantitative estimate of drug-likeness (QED) is 0.497. The molecule has 0 saturated carbocycles. The Labute approximate surface area is 200 Å². The fraction of sp³-hybridized carbons (Fsp3) is 0.357. The van der Waals surface area contributed by atoms with Gasteiger partial charge in [0.25, 0.3) is 5.91 Å². The van der Waals surface area contributed by atoms with E-state index in [1.807, 2.05) is 69.3 Å². The normalized spacial score (nSPS) is 15.0. The molecule has 0 radical (unpaired) electrons. The van der Waals surface area contributed by atoms with Gasteiger partial charge in [-0.15, -0.1) is 0 Å². The Morgan fingerprint density at radius 1 is 1.15 bits per heavy atom. The summed E-state index contributed by atoms with van der Waals surface area (Å²) in [5.74, 6) is 1.19. The van der Waals surface area contributed by atoms with Crippen LogP contribution in [0.2, 0.25) is 0 Å². The lowest BCUT2D eigenvalue weighted by molar-refractivity contribution is -0.127. The number of fused-ring (bicyclic) bond motifs is 2. The highest BCUT2D eigenvalue weighted by Crippen LogP contribution is 2.39. The maximum atomic E-state index is 13.5. The summed E-state index contributed by atoms with van der Waals surface area (Å²) in [5.41, 5.74) is 1.10. The summed E-state index contributed by atoms with van der Waals surface area (Å²) in [6.07, 6.45) is 0. The molecule has 0 unspecified atom stereocenters. The van der Waals surface area contributed by atoms with Crippen LogP contribution in [0.5, 0.6) is 11.5 Å². The predicted octanol–water partition coefficient (Wildman–Crippen LogP) is 5.90. The van der Waals surface area contributed by atoms with Crippen LogP contribution in [0.15, 0.2) is 54.6 Å². The van der Waals surface area contributed by atoms with Crippen molar-refractivity contribution in [1.82, 2.24) is 0 Å². The Hall–Kier alpha value is -3.54. The highest BCUT2D eigenvalue weighted by molar-refractivity contribution is 6.15. The monoisotopic (exact) mass is 460 g/mol. The van der Waals surface area contributed by atoms with Gasteiger partial charge in [0.05, 0.1) is 23.3 Å². The van der Waals surface area contributed by atoms with Crippen LogP contribution in [0.3, 0.4) is 0 Å². The van der Waals surface area contributed by atoms with Gasteiger partial charge in [-0.05, 0) is 61.7 Å². The van der Waals surface area contributed by atoms with Crippen LogP contribution in [0.25, 0.3) is 10.8 Å². The van der Waals surface area contributed by atoms with Crippen molar-refractivity contribution in [2.45, 2.75) is 34.6 Å². The van der Waals surface area contributed by atoms with Gasteiger partial charge in [-0.25, -0.2) is 0 Å². The third-order valence-electron chi connectivity index (χ3n) is 5.89. The number of benzene rings is 3. The highest BCUT2D eigenvalue weighted by Gasteiger charge is 2.38. The van der Waals surface area contributed by atoms with E-state index in [-0.39, 0.29) is 17.7 Å². The van der Waals surface area contributed by atoms with E-state index in [4.69, 9.17) is 9.47 Å². The van der Waals surface area contributed by atoms with Gasteiger partial charge in [-0.2, -0.15) is 0 Å². The highest BCUT2D eigenvalue weighted by atomic mass is 16.5. The summed E-state index contributed by atoms with van der Waals surface area (Å²) in [5, 5.41) is 4.80. The molecule has 34 heavy (non-hydrogen) atoms. The molecule has 6 heteroatoms. The van der Waals surface area contributed by atoms with Crippen molar-refractivity contribution in [3.8, 4) is 11.5 Å². The molecular weight excluding hydrogens is 428 g/mol. The van der Waals surface area contributed by atoms with Crippen molar-refractivity contribution in [2.24, 2.45) is 11.3 Å². The van der Waals surface area contributed by atoms with E-state index < -0.39 is 5.41 Å². The van der Waals surface area contributed by atoms with Gasteiger partial charge in [0.15, 0.2) is 0 Å². The lowest BCUT2D eigenvalue weighted by Crippen LogP contribution is -2.43. The molecule has 0 bridgehead atoms. The van der Waals surface area contributed by atoms with Crippen LogP contribution >= 0.6 is 0 Å². The number of anilines is 2. The Morgan fingerprint density at radius 2 is 1.91 bits per heavy atom. The first-order valence-corrected chi connectivity index (χ1v) is 11.8. The minimum absolute atomic E-state index is 0.0103. The second-order valence-electron chi connectivity index (χ2n) is 9.71. The lowest BCUT2D eigenvalue weighted by Gasteiger charge is -2.29. The third-order valence-corrected chi connectivity index (χ3v) is 5.89. The molecule has 1 aliphatic heterocycles. The number of ether oxygens (including phenoxy) is 2. The number of carbonyl (C=O) groups is 2. The molecule has 178 valence electrons. The molecule has 1 N–H and O–H groups in total. The number of hydrogen-bond donors (Lipinski definition) is 1. The Balaban J connectivity index is 1.73. The maximum absolute atomic E-state index is 13.5. The Morgan fingerprint density at radius 3 is 2.65 bits per heavy atom. The van der Waals surface area contributed by atoms with Gasteiger partial charge in [0, 0.05) is 12.2 Å². The minimum atomic E-state index is -0.646. The molecule has 0 saturated heterocycles. The zero-order chi connectivity index (χ0) is 24.5. The zero-order valence-electron chi connectivity index (χ0n) is 20.5. The van der Waals surface area contributed by atoms with Crippen LogP contribution in [0.4, 0.5) is 11.4 Å². The third kappa shape index (κ3) is 4.58. The smallest absolute Gasteiger partial charge is 0.260 e. The maximum Gasteiger partial charge on any atom is 0.260 e. The standard InChI is InChI=1S/C28H32N2O4/c1-6-33-24-13-11-19-9-7-8-10-21(19)25(24)26(31)29-20-12-14-23-22(15-20)30(16-18(2)3)27(32)28(4,5)17-34-23/h7-15,18H,6,16-17H2,1-5H3,(H,29,31). The molecule has 0 aliphatic carbocycles. The van der Waals surface area contributed by atoms with Crippen LogP contribution in [-0.4, -0.2) is 31.6 Å². The average Bonchev–Trinajstić information content (AvgIpc) is 2.89. The number of nitrogens with one attached hydrogen (secondary N) is 1. The molecule has 0 aromatic heterocycles. The first-order chi connectivity index (χ1) is 16.2. The average molecular weight is 461 g/mol. The summed E-state index contributed by atoms with van der Waals surface area (Å²) in [4.78, 5) is 28.6. The lowest BCUT2D eigenvalue weighted by atomic mass is 9.92. The minimum Gasteiger partial charge on any atom is -0.493 e. The largest absolute Gasteiger partial charge is 0.493 e. The van der Waals surface area contributed by atoms with Crippen LogP contribution in [-0.2, 0) is 4.79 Å². The molecule has 0 atom stereocenters. The van der Waals surface area contributed by atoms with E-state index in [9.17, 15) is 9.59 Å². The predicted molar refractivity (Wildman–Crippen MR) is 136 cm³/mol. The second kappa shape index (κ2) is 9.37. The van der Waals surface area contributed by atoms with Crippen molar-refractivity contribution in [1.29, 1.82) is 0 Å². The molecule has 0 spiro atoms. The number of amides is 2. The van der Waals surface area contributed by atoms with Crippen molar-refractivity contribution >= 4 is 34.0 Å². The fourth-order valence-corrected chi connectivity index (χ4v) is 4.22. The van der Waals surface area contributed by atoms with E-state index in [1.165, 1.54) is 0 Å². The molecule has 0 fully saturated rings. The van der Waals surface area contributed by atoms with Gasteiger partial charge in [-0.3, -0.25) is 9.59 Å². The first-order valence-electron chi connectivity index (χ1n) is 11.8. The molecule has 6 nitrogen and oxygen atoms in total. The zero-order valence-corrected chi connectivity index (χ0v) is 20.5. The van der Waals surface area contributed by atoms with E-state index in [1.54, 1.807) is 11.0 Å². The SMILES string of the molecule is CCOc1ccc2ccccc2c1C(=O)Nc1ccc2c(c1)N(CC(C)C)C(=O)C(C)(C)CO2. The summed E-state index contributed by atoms with van der Waals surface area (Å²) >= 11 is 0. The molecule has 2 amide bonds. The van der Waals surface area contributed by atoms with Gasteiger partial charge in [0.2, 0.25) is 5.91 Å². The van der Waals surface area contributed by atoms with Gasteiger partial charge >= 0.3 is 0 Å². The molecule has 1 heterocycles. The molecule has 4 rings (SSSR count). The fourth-order valence-electron chi connectivity index (χ4n) is 4.22. The second-order valence-corrected chi connectivity index (χ2v) is 9.71. The number of nitrogens with zero attached hydrogens (tertiary/aromatic N) is 1. The van der Waals surface area contributed by atoms with Gasteiger partial charge in [-0.1, -0.05) is 44.2 Å². The first kappa shape index (κ1) is 23.6. The summed E-state index contributed by atoms with van der Waals surface area (Å²) in [6, 6.07) is 17.0. The van der Waals surface area contributed by atoms with Gasteiger partial charge in [0.1, 0.15) is 18.1 Å². The Bertz CT molecular complexity index is 1230. The topological polar surface area (TPSA) is 67.9 Å². The van der Waals surface area contributed by atoms with Crippen molar-refractivity contribution < 1.29 is 19.1 Å². The number of carbonyl (C=O) groups excluding carboxylic acids is 2. The summed E-state index contributed by atoms with van der Waals surface area (Å²) < 4.78 is 11.8. The van der Waals surface area contributed by atoms with Crippen molar-refractivity contribution in [3.05, 3.63) is 60.2 Å². The van der Waals surface area contributed by atoms with E-state index in [2.05, 4.69) is 19.2 Å². The van der Waals surface area contributed by atoms with Crippen molar-refractivity contribution in [2.75, 3.05) is 30.0 Å².